The molecule has 0 saturated carbocycles. The van der Waals surface area contributed by atoms with Gasteiger partial charge >= 0.3 is 5.97 Å². The lowest BCUT2D eigenvalue weighted by atomic mass is 10.0. The van der Waals surface area contributed by atoms with E-state index < -0.39 is 51.4 Å². The van der Waals surface area contributed by atoms with E-state index in [-0.39, 0.29) is 36.4 Å². The standard InChI is InChI=1S/C54H110O12S2Si/c1-8-10-12-14-16-18-20-22-24-26-28-30-32-34-48-67(56,57)50-52(51-68(58,59)49-35-33-31-29-27-25-23-21-19-17-15-13-11-9-2)53(55)65-46-44-63-42-40-61-38-36-60-37-39-62-41-43-64-45-47-66-69(6,7)54(3,4)5/h52H,8-51H2,1-7H3. The Labute approximate surface area is 427 Å². The molecule has 0 saturated heterocycles. The molecule has 0 aliphatic rings. The van der Waals surface area contributed by atoms with Crippen molar-refractivity contribution in [3.8, 4) is 0 Å². The van der Waals surface area contributed by atoms with Gasteiger partial charge in [0.1, 0.15) is 6.61 Å². The first-order valence-electron chi connectivity index (χ1n) is 28.2. The largest absolute Gasteiger partial charge is 0.463 e. The van der Waals surface area contributed by atoms with Crippen LogP contribution in [0.2, 0.25) is 18.1 Å². The highest BCUT2D eigenvalue weighted by atomic mass is 32.2. The molecule has 0 aromatic rings. The van der Waals surface area contributed by atoms with E-state index >= 15 is 0 Å². The van der Waals surface area contributed by atoms with Crippen molar-refractivity contribution in [2.45, 2.75) is 233 Å². The fraction of sp³-hybridized carbons (Fsp3) is 0.981. The van der Waals surface area contributed by atoms with E-state index in [1.165, 1.54) is 128 Å². The molecule has 0 unspecified atom stereocenters. The molecule has 0 atom stereocenters. The number of esters is 1. The zero-order valence-corrected chi connectivity index (χ0v) is 48.5. The van der Waals surface area contributed by atoms with Crippen molar-refractivity contribution in [3.63, 3.8) is 0 Å². The molecule has 12 nitrogen and oxygen atoms in total. The molecule has 69 heavy (non-hydrogen) atoms. The van der Waals surface area contributed by atoms with Crippen LogP contribution in [0, 0.1) is 5.92 Å². The molecule has 0 spiro atoms. The molecule has 0 N–H and O–H groups in total. The van der Waals surface area contributed by atoms with Crippen LogP contribution in [-0.2, 0) is 57.3 Å². The van der Waals surface area contributed by atoms with Gasteiger partial charge in [-0.25, -0.2) is 16.8 Å². The monoisotopic (exact) mass is 1040 g/mol. The molecule has 0 amide bonds. The molecule has 15 heteroatoms. The quantitative estimate of drug-likeness (QED) is 0.0324. The summed E-state index contributed by atoms with van der Waals surface area (Å²) in [5.74, 6) is -3.22. The number of rotatable bonds is 54. The highest BCUT2D eigenvalue weighted by Gasteiger charge is 2.37. The van der Waals surface area contributed by atoms with Gasteiger partial charge in [0, 0.05) is 0 Å². The number of unbranched alkanes of at least 4 members (excludes halogenated alkanes) is 26. The van der Waals surface area contributed by atoms with Gasteiger partial charge in [-0.2, -0.15) is 0 Å². The maximum atomic E-state index is 13.3. The maximum Gasteiger partial charge on any atom is 0.311 e. The lowest BCUT2D eigenvalue weighted by molar-refractivity contribution is -0.148. The molecule has 0 bridgehead atoms. The molecule has 0 fully saturated rings. The first-order valence-corrected chi connectivity index (χ1v) is 34.7. The summed E-state index contributed by atoms with van der Waals surface area (Å²) in [6.07, 6.45) is 32.7. The summed E-state index contributed by atoms with van der Waals surface area (Å²) in [5.41, 5.74) is 0. The maximum absolute atomic E-state index is 13.3. The summed E-state index contributed by atoms with van der Waals surface area (Å²) >= 11 is 0. The van der Waals surface area contributed by atoms with E-state index in [0.717, 1.165) is 38.5 Å². The molecule has 0 rings (SSSR count). The van der Waals surface area contributed by atoms with Crippen LogP contribution in [0.4, 0.5) is 0 Å². The van der Waals surface area contributed by atoms with Crippen LogP contribution in [0.3, 0.4) is 0 Å². The number of hydrogen-bond donors (Lipinski definition) is 0. The van der Waals surface area contributed by atoms with Gasteiger partial charge < -0.3 is 32.8 Å². The minimum Gasteiger partial charge on any atom is -0.463 e. The molecule has 0 aromatic heterocycles. The van der Waals surface area contributed by atoms with Gasteiger partial charge in [0.15, 0.2) is 28.0 Å². The van der Waals surface area contributed by atoms with Crippen LogP contribution in [0.5, 0.6) is 0 Å². The van der Waals surface area contributed by atoms with Gasteiger partial charge in [-0.05, 0) is 31.0 Å². The van der Waals surface area contributed by atoms with Crippen LogP contribution in [0.1, 0.15) is 214 Å². The van der Waals surface area contributed by atoms with E-state index in [2.05, 4.69) is 47.7 Å². The van der Waals surface area contributed by atoms with E-state index in [1.54, 1.807) is 0 Å². The minimum absolute atomic E-state index is 0.0558. The van der Waals surface area contributed by atoms with Gasteiger partial charge in [-0.15, -0.1) is 0 Å². The van der Waals surface area contributed by atoms with Crippen molar-refractivity contribution in [2.75, 3.05) is 102 Å². The summed E-state index contributed by atoms with van der Waals surface area (Å²) in [6.45, 7) is 20.0. The van der Waals surface area contributed by atoms with E-state index in [0.29, 0.717) is 72.3 Å². The van der Waals surface area contributed by atoms with Crippen molar-refractivity contribution >= 4 is 34.0 Å². The lowest BCUT2D eigenvalue weighted by Crippen LogP contribution is -2.41. The summed E-state index contributed by atoms with van der Waals surface area (Å²) in [7, 11) is -9.09. The third-order valence-corrected chi connectivity index (χ3v) is 21.5. The second kappa shape index (κ2) is 45.9. The molecule has 0 aliphatic carbocycles. The van der Waals surface area contributed by atoms with Gasteiger partial charge in [0.25, 0.3) is 0 Å². The predicted octanol–water partition coefficient (Wildman–Crippen LogP) is 13.0. The Kier molecular flexibility index (Phi) is 45.5. The lowest BCUT2D eigenvalue weighted by Gasteiger charge is -2.36. The first kappa shape index (κ1) is 68.3. The summed E-state index contributed by atoms with van der Waals surface area (Å²) < 4.78 is 92.4. The van der Waals surface area contributed by atoms with Crippen molar-refractivity contribution in [2.24, 2.45) is 5.92 Å². The number of carbonyl (C=O) groups is 1. The predicted molar refractivity (Wildman–Crippen MR) is 290 cm³/mol. The summed E-state index contributed by atoms with van der Waals surface area (Å²) in [5, 5.41) is 0.183. The Morgan fingerprint density at radius 3 is 0.913 bits per heavy atom. The molecule has 414 valence electrons. The summed E-state index contributed by atoms with van der Waals surface area (Å²) in [6, 6.07) is 0. The fourth-order valence-corrected chi connectivity index (χ4v) is 12.4. The molecular formula is C54H110O12S2Si. The van der Waals surface area contributed by atoms with Crippen molar-refractivity contribution in [1.29, 1.82) is 0 Å². The van der Waals surface area contributed by atoms with Crippen LogP contribution in [0.25, 0.3) is 0 Å². The van der Waals surface area contributed by atoms with Gasteiger partial charge in [-0.3, -0.25) is 4.79 Å². The number of ether oxygens (including phenoxy) is 6. The fourth-order valence-electron chi connectivity index (χ4n) is 7.87. The Morgan fingerprint density at radius 1 is 0.391 bits per heavy atom. The van der Waals surface area contributed by atoms with Crippen molar-refractivity contribution < 1.29 is 54.5 Å². The number of carbonyl (C=O) groups excluding carboxylic acids is 1. The van der Waals surface area contributed by atoms with Crippen LogP contribution in [0.15, 0.2) is 0 Å². The third-order valence-electron chi connectivity index (χ3n) is 13.3. The highest BCUT2D eigenvalue weighted by molar-refractivity contribution is 7.92. The Morgan fingerprint density at radius 2 is 0.638 bits per heavy atom. The van der Waals surface area contributed by atoms with Crippen molar-refractivity contribution in [3.05, 3.63) is 0 Å². The molecule has 0 aliphatic heterocycles. The van der Waals surface area contributed by atoms with E-state index in [9.17, 15) is 21.6 Å². The average molecular weight is 1040 g/mol. The van der Waals surface area contributed by atoms with Crippen LogP contribution < -0.4 is 0 Å². The SMILES string of the molecule is CCCCCCCCCCCCCCCCS(=O)(=O)CC(CS(=O)(=O)CCCCCCCCCCCCCCCC)C(=O)OCCOCCOCCOCCOCCOCCO[Si](C)(C)C(C)(C)C. The summed E-state index contributed by atoms with van der Waals surface area (Å²) in [4.78, 5) is 13.3. The van der Waals surface area contributed by atoms with E-state index in [4.69, 9.17) is 32.8 Å². The Balaban J connectivity index is 4.51. The van der Waals surface area contributed by atoms with Crippen LogP contribution >= 0.6 is 0 Å². The molecule has 0 aromatic carbocycles. The average Bonchev–Trinajstić information content (AvgIpc) is 3.29. The minimum atomic E-state index is -3.67. The van der Waals surface area contributed by atoms with Crippen molar-refractivity contribution in [1.82, 2.24) is 0 Å². The van der Waals surface area contributed by atoms with Crippen LogP contribution in [-0.4, -0.2) is 133 Å². The zero-order chi connectivity index (χ0) is 51.2. The number of hydrogen-bond acceptors (Lipinski definition) is 12. The molecule has 0 heterocycles. The smallest absolute Gasteiger partial charge is 0.311 e. The van der Waals surface area contributed by atoms with Gasteiger partial charge in [0.05, 0.1) is 102 Å². The molecular weight excluding hydrogens is 933 g/mol. The first-order chi connectivity index (χ1) is 33.1. The second-order valence-corrected chi connectivity index (χ2v) is 30.2. The third kappa shape index (κ3) is 45.7. The topological polar surface area (TPSA) is 150 Å². The normalized spacial score (nSPS) is 12.7. The number of sulfone groups is 2. The van der Waals surface area contributed by atoms with E-state index in [1.807, 2.05) is 0 Å². The highest BCUT2D eigenvalue weighted by Crippen LogP contribution is 2.36. The zero-order valence-electron chi connectivity index (χ0n) is 45.9. The molecule has 0 radical (unpaired) electrons. The van der Waals surface area contributed by atoms with Gasteiger partial charge in [-0.1, -0.05) is 202 Å². The van der Waals surface area contributed by atoms with Gasteiger partial charge in [0.2, 0.25) is 0 Å². The Hall–Kier alpha value is -0.653. The Bertz CT molecular complexity index is 1290. The second-order valence-electron chi connectivity index (χ2n) is 21.0.